The number of rotatable bonds is 4. The van der Waals surface area contributed by atoms with E-state index in [4.69, 9.17) is 5.73 Å². The molecular weight excluding hydrogens is 274 g/mol. The molecule has 0 heterocycles. The summed E-state index contributed by atoms with van der Waals surface area (Å²) in [5.41, 5.74) is 10.4. The summed E-state index contributed by atoms with van der Waals surface area (Å²) in [6.45, 7) is 0.457. The molecule has 0 amide bonds. The molecule has 1 atom stereocenters. The van der Waals surface area contributed by atoms with Crippen molar-refractivity contribution in [3.05, 3.63) is 59.2 Å². The van der Waals surface area contributed by atoms with Crippen LogP contribution in [0.2, 0.25) is 0 Å². The predicted octanol–water partition coefficient (Wildman–Crippen LogP) is 3.25. The highest BCUT2D eigenvalue weighted by atomic mass is 16.3. The van der Waals surface area contributed by atoms with Crippen LogP contribution in [0.25, 0.3) is 11.1 Å². The van der Waals surface area contributed by atoms with E-state index < -0.39 is 6.10 Å². The Morgan fingerprint density at radius 3 is 2.73 bits per heavy atom. The van der Waals surface area contributed by atoms with Gasteiger partial charge in [-0.15, -0.1) is 0 Å². The van der Waals surface area contributed by atoms with Gasteiger partial charge in [0.1, 0.15) is 0 Å². The lowest BCUT2D eigenvalue weighted by atomic mass is 9.88. The number of Topliss-reactive ketones (excluding diaryl/α,β-unsaturated/α-hetero) is 1. The maximum absolute atomic E-state index is 12.1. The third-order valence-electron chi connectivity index (χ3n) is 4.31. The lowest BCUT2D eigenvalue weighted by Gasteiger charge is -2.16. The Morgan fingerprint density at radius 1 is 1.09 bits per heavy atom. The Morgan fingerprint density at radius 2 is 1.91 bits per heavy atom. The Hall–Kier alpha value is -1.97. The second-order valence-corrected chi connectivity index (χ2v) is 5.87. The molecule has 3 N–H and O–H groups in total. The molecule has 1 aliphatic carbocycles. The van der Waals surface area contributed by atoms with Gasteiger partial charge in [-0.25, -0.2) is 0 Å². The molecule has 1 aliphatic rings. The normalized spacial score (nSPS) is 15.5. The molecule has 3 heteroatoms. The lowest BCUT2D eigenvalue weighted by Crippen LogP contribution is -2.10. The second-order valence-electron chi connectivity index (χ2n) is 5.87. The number of aliphatic hydroxyl groups is 1. The Labute approximate surface area is 130 Å². The third kappa shape index (κ3) is 2.96. The van der Waals surface area contributed by atoms with Gasteiger partial charge >= 0.3 is 0 Å². The topological polar surface area (TPSA) is 63.3 Å². The van der Waals surface area contributed by atoms with Crippen molar-refractivity contribution in [3.8, 4) is 11.1 Å². The van der Waals surface area contributed by atoms with Gasteiger partial charge in [0.2, 0.25) is 0 Å². The standard InChI is InChI=1S/C19H21NO2/c20-10-9-18(21)16-5-1-4-14(11-16)15-8-7-13-3-2-6-19(22)17(13)12-15/h1,4-5,7-8,11-12,18,21H,2-3,6,9-10,20H2. The van der Waals surface area contributed by atoms with Gasteiger partial charge in [-0.1, -0.05) is 30.3 Å². The van der Waals surface area contributed by atoms with Crippen molar-refractivity contribution in [2.75, 3.05) is 6.54 Å². The number of benzene rings is 2. The fraction of sp³-hybridized carbons (Fsp3) is 0.316. The number of aliphatic hydroxyl groups excluding tert-OH is 1. The van der Waals surface area contributed by atoms with Gasteiger partial charge in [0.25, 0.3) is 0 Å². The summed E-state index contributed by atoms with van der Waals surface area (Å²) in [5.74, 6) is 0.238. The van der Waals surface area contributed by atoms with E-state index in [0.717, 1.165) is 40.7 Å². The number of hydrogen-bond donors (Lipinski definition) is 2. The summed E-state index contributed by atoms with van der Waals surface area (Å²) < 4.78 is 0. The smallest absolute Gasteiger partial charge is 0.163 e. The highest BCUT2D eigenvalue weighted by Gasteiger charge is 2.17. The van der Waals surface area contributed by atoms with Crippen LogP contribution in [0, 0.1) is 0 Å². The van der Waals surface area contributed by atoms with Crippen LogP contribution in [-0.4, -0.2) is 17.4 Å². The number of carbonyl (C=O) groups is 1. The van der Waals surface area contributed by atoms with Crippen molar-refractivity contribution < 1.29 is 9.90 Å². The first-order chi connectivity index (χ1) is 10.7. The first-order valence-corrected chi connectivity index (χ1v) is 7.83. The average Bonchev–Trinajstić information content (AvgIpc) is 2.55. The van der Waals surface area contributed by atoms with Crippen LogP contribution in [0.4, 0.5) is 0 Å². The Bertz CT molecular complexity index is 694. The molecule has 3 nitrogen and oxygen atoms in total. The molecule has 0 saturated carbocycles. The largest absolute Gasteiger partial charge is 0.388 e. The molecule has 0 saturated heterocycles. The van der Waals surface area contributed by atoms with E-state index in [-0.39, 0.29) is 5.78 Å². The Balaban J connectivity index is 1.96. The highest BCUT2D eigenvalue weighted by molar-refractivity contribution is 5.99. The van der Waals surface area contributed by atoms with Gasteiger partial charge in [0.15, 0.2) is 5.78 Å². The summed E-state index contributed by atoms with van der Waals surface area (Å²) in [6.07, 6.45) is 2.59. The molecule has 0 fully saturated rings. The maximum Gasteiger partial charge on any atom is 0.163 e. The third-order valence-corrected chi connectivity index (χ3v) is 4.31. The Kier molecular flexibility index (Phi) is 4.36. The van der Waals surface area contributed by atoms with Crippen molar-refractivity contribution in [3.63, 3.8) is 0 Å². The molecule has 0 spiro atoms. The minimum absolute atomic E-state index is 0.238. The molecule has 22 heavy (non-hydrogen) atoms. The zero-order chi connectivity index (χ0) is 15.5. The van der Waals surface area contributed by atoms with Crippen molar-refractivity contribution >= 4 is 5.78 Å². The zero-order valence-corrected chi connectivity index (χ0v) is 12.6. The molecular formula is C19H21NO2. The summed E-state index contributed by atoms with van der Waals surface area (Å²) >= 11 is 0. The predicted molar refractivity (Wildman–Crippen MR) is 87.8 cm³/mol. The van der Waals surface area contributed by atoms with E-state index in [1.807, 2.05) is 30.3 Å². The summed E-state index contributed by atoms with van der Waals surface area (Å²) in [6, 6.07) is 13.9. The van der Waals surface area contributed by atoms with Crippen LogP contribution in [-0.2, 0) is 6.42 Å². The molecule has 2 aromatic carbocycles. The summed E-state index contributed by atoms with van der Waals surface area (Å²) in [7, 11) is 0. The van der Waals surface area contributed by atoms with E-state index in [1.54, 1.807) is 0 Å². The van der Waals surface area contributed by atoms with Crippen LogP contribution in [0.15, 0.2) is 42.5 Å². The van der Waals surface area contributed by atoms with Gasteiger partial charge in [-0.2, -0.15) is 0 Å². The summed E-state index contributed by atoms with van der Waals surface area (Å²) in [5, 5.41) is 10.1. The molecule has 2 aromatic rings. The first kappa shape index (κ1) is 14.9. The van der Waals surface area contributed by atoms with E-state index in [9.17, 15) is 9.90 Å². The maximum atomic E-state index is 12.1. The minimum Gasteiger partial charge on any atom is -0.388 e. The van der Waals surface area contributed by atoms with Crippen LogP contribution < -0.4 is 5.73 Å². The number of aryl methyl sites for hydroxylation is 1. The molecule has 0 aromatic heterocycles. The van der Waals surface area contributed by atoms with E-state index >= 15 is 0 Å². The fourth-order valence-corrected chi connectivity index (χ4v) is 3.06. The van der Waals surface area contributed by atoms with E-state index in [0.29, 0.717) is 19.4 Å². The molecule has 3 rings (SSSR count). The first-order valence-electron chi connectivity index (χ1n) is 7.83. The van der Waals surface area contributed by atoms with Gasteiger partial charge < -0.3 is 10.8 Å². The van der Waals surface area contributed by atoms with E-state index in [2.05, 4.69) is 12.1 Å². The van der Waals surface area contributed by atoms with Gasteiger partial charge in [0.05, 0.1) is 6.10 Å². The van der Waals surface area contributed by atoms with Crippen molar-refractivity contribution in [1.82, 2.24) is 0 Å². The molecule has 0 radical (unpaired) electrons. The SMILES string of the molecule is NCCC(O)c1cccc(-c2ccc3c(c2)C(=O)CCC3)c1. The number of nitrogens with two attached hydrogens (primary N) is 1. The number of hydrogen-bond acceptors (Lipinski definition) is 3. The number of ketones is 1. The minimum atomic E-state index is -0.538. The van der Waals surface area contributed by atoms with Crippen LogP contribution in [0.5, 0.6) is 0 Å². The van der Waals surface area contributed by atoms with E-state index in [1.165, 1.54) is 0 Å². The summed E-state index contributed by atoms with van der Waals surface area (Å²) in [4.78, 5) is 12.1. The number of carbonyl (C=O) groups excluding carboxylic acids is 1. The van der Waals surface area contributed by atoms with Gasteiger partial charge in [0, 0.05) is 12.0 Å². The monoisotopic (exact) mass is 295 g/mol. The van der Waals surface area contributed by atoms with Gasteiger partial charge in [-0.05, 0) is 60.2 Å². The molecule has 0 bridgehead atoms. The quantitative estimate of drug-likeness (QED) is 0.910. The van der Waals surface area contributed by atoms with Crippen LogP contribution >= 0.6 is 0 Å². The molecule has 1 unspecified atom stereocenters. The highest BCUT2D eigenvalue weighted by Crippen LogP contribution is 2.29. The van der Waals surface area contributed by atoms with Crippen molar-refractivity contribution in [2.24, 2.45) is 5.73 Å². The number of fused-ring (bicyclic) bond motifs is 1. The van der Waals surface area contributed by atoms with Crippen molar-refractivity contribution in [1.29, 1.82) is 0 Å². The lowest BCUT2D eigenvalue weighted by molar-refractivity contribution is 0.0972. The van der Waals surface area contributed by atoms with Crippen LogP contribution in [0.3, 0.4) is 0 Å². The molecule has 114 valence electrons. The van der Waals surface area contributed by atoms with Crippen molar-refractivity contribution in [2.45, 2.75) is 31.8 Å². The second kappa shape index (κ2) is 6.42. The molecule has 0 aliphatic heterocycles. The average molecular weight is 295 g/mol. The zero-order valence-electron chi connectivity index (χ0n) is 12.6. The fourth-order valence-electron chi connectivity index (χ4n) is 3.06. The van der Waals surface area contributed by atoms with Crippen LogP contribution in [0.1, 0.15) is 46.9 Å². The van der Waals surface area contributed by atoms with Gasteiger partial charge in [-0.3, -0.25) is 4.79 Å².